The first-order valence-corrected chi connectivity index (χ1v) is 7.61. The molecule has 0 spiro atoms. The number of amides is 1. The maximum Gasteiger partial charge on any atom is 0.407 e. The summed E-state index contributed by atoms with van der Waals surface area (Å²) in [6.07, 6.45) is 0.963. The zero-order valence-corrected chi connectivity index (χ0v) is 13.0. The Morgan fingerprint density at radius 3 is 2.70 bits per heavy atom. The van der Waals surface area contributed by atoms with Gasteiger partial charge in [-0.25, -0.2) is 9.78 Å². The second-order valence-electron chi connectivity index (χ2n) is 5.83. The minimum Gasteiger partial charge on any atom is -0.465 e. The summed E-state index contributed by atoms with van der Waals surface area (Å²) < 4.78 is 1.36. The molecule has 0 bridgehead atoms. The van der Waals surface area contributed by atoms with Gasteiger partial charge >= 0.3 is 6.09 Å². The van der Waals surface area contributed by atoms with Crippen LogP contribution in [0.1, 0.15) is 12.8 Å². The number of likely N-dealkylation sites (tertiary alicyclic amines) is 1. The van der Waals surface area contributed by atoms with E-state index < -0.39 is 11.7 Å². The summed E-state index contributed by atoms with van der Waals surface area (Å²) in [5, 5.41) is 20.4. The van der Waals surface area contributed by atoms with Crippen molar-refractivity contribution in [2.24, 2.45) is 0 Å². The number of piperidine rings is 1. The third-order valence-electron chi connectivity index (χ3n) is 4.22. The molecule has 0 aliphatic carbocycles. The predicted octanol–water partition coefficient (Wildman–Crippen LogP) is 1.55. The zero-order valence-electron chi connectivity index (χ0n) is 12.3. The summed E-state index contributed by atoms with van der Waals surface area (Å²) >= 11 is 5.92. The molecular formula is C15H16ClN3O4. The number of halogens is 1. The van der Waals surface area contributed by atoms with Crippen molar-refractivity contribution >= 4 is 28.6 Å². The van der Waals surface area contributed by atoms with Gasteiger partial charge < -0.3 is 15.1 Å². The highest BCUT2D eigenvalue weighted by Crippen LogP contribution is 2.24. The van der Waals surface area contributed by atoms with Gasteiger partial charge in [-0.15, -0.1) is 0 Å². The molecular weight excluding hydrogens is 322 g/mol. The number of rotatable bonds is 2. The standard InChI is InChI=1S/C15H16ClN3O4/c16-10-1-2-12-11(7-10)13(20)19(9-17-12)8-15(23)3-5-18(6-4-15)14(21)22/h1-2,7,9,23H,3-6,8H2,(H,21,22). The molecule has 2 N–H and O–H groups in total. The molecule has 1 saturated heterocycles. The Labute approximate surface area is 136 Å². The lowest BCUT2D eigenvalue weighted by molar-refractivity contribution is -0.0303. The molecule has 1 aromatic carbocycles. The van der Waals surface area contributed by atoms with Crippen molar-refractivity contribution < 1.29 is 15.0 Å². The van der Waals surface area contributed by atoms with Crippen LogP contribution in [0.5, 0.6) is 0 Å². The van der Waals surface area contributed by atoms with Gasteiger partial charge in [0.15, 0.2) is 0 Å². The van der Waals surface area contributed by atoms with Gasteiger partial charge in [0.1, 0.15) is 0 Å². The zero-order chi connectivity index (χ0) is 16.6. The average Bonchev–Trinajstić information content (AvgIpc) is 2.51. The van der Waals surface area contributed by atoms with Gasteiger partial charge in [0.05, 0.1) is 29.4 Å². The van der Waals surface area contributed by atoms with E-state index in [9.17, 15) is 14.7 Å². The molecule has 1 aliphatic rings. The molecule has 3 rings (SSSR count). The molecule has 1 fully saturated rings. The fraction of sp³-hybridized carbons (Fsp3) is 0.400. The van der Waals surface area contributed by atoms with E-state index >= 15 is 0 Å². The molecule has 0 unspecified atom stereocenters. The molecule has 0 atom stereocenters. The van der Waals surface area contributed by atoms with E-state index in [0.29, 0.717) is 15.9 Å². The van der Waals surface area contributed by atoms with Crippen LogP contribution in [0.2, 0.25) is 5.02 Å². The van der Waals surface area contributed by atoms with Gasteiger partial charge in [-0.3, -0.25) is 9.36 Å². The number of nitrogens with zero attached hydrogens (tertiary/aromatic N) is 3. The lowest BCUT2D eigenvalue weighted by atomic mass is 9.91. The Morgan fingerprint density at radius 2 is 2.04 bits per heavy atom. The number of hydrogen-bond donors (Lipinski definition) is 2. The molecule has 0 radical (unpaired) electrons. The highest BCUT2D eigenvalue weighted by atomic mass is 35.5. The normalized spacial score (nSPS) is 17.4. The number of aromatic nitrogens is 2. The average molecular weight is 338 g/mol. The first kappa shape index (κ1) is 15.8. The van der Waals surface area contributed by atoms with Crippen LogP contribution < -0.4 is 5.56 Å². The number of aliphatic hydroxyl groups is 1. The van der Waals surface area contributed by atoms with Gasteiger partial charge in [0.2, 0.25) is 0 Å². The Balaban J connectivity index is 1.86. The third-order valence-corrected chi connectivity index (χ3v) is 4.45. The van der Waals surface area contributed by atoms with Crippen molar-refractivity contribution in [1.82, 2.24) is 14.5 Å². The maximum atomic E-state index is 12.5. The Kier molecular flexibility index (Phi) is 3.99. The maximum absolute atomic E-state index is 12.5. The van der Waals surface area contributed by atoms with Crippen LogP contribution in [-0.4, -0.2) is 49.4 Å². The summed E-state index contributed by atoms with van der Waals surface area (Å²) in [7, 11) is 0. The number of benzene rings is 1. The molecule has 1 aromatic heterocycles. The van der Waals surface area contributed by atoms with Crippen LogP contribution in [0.15, 0.2) is 29.3 Å². The summed E-state index contributed by atoms with van der Waals surface area (Å²) in [5.74, 6) is 0. The van der Waals surface area contributed by atoms with Crippen LogP contribution in [0.4, 0.5) is 4.79 Å². The van der Waals surface area contributed by atoms with Crippen LogP contribution in [0, 0.1) is 0 Å². The summed E-state index contributed by atoms with van der Waals surface area (Å²) in [6, 6.07) is 4.89. The predicted molar refractivity (Wildman–Crippen MR) is 84.8 cm³/mol. The summed E-state index contributed by atoms with van der Waals surface area (Å²) in [5.41, 5.74) is -0.848. The first-order valence-electron chi connectivity index (χ1n) is 7.23. The number of carbonyl (C=O) groups is 1. The van der Waals surface area contributed by atoms with Gasteiger partial charge in [0, 0.05) is 18.1 Å². The second-order valence-corrected chi connectivity index (χ2v) is 6.27. The van der Waals surface area contributed by atoms with E-state index in [1.807, 2.05) is 0 Å². The minimum atomic E-state index is -1.12. The fourth-order valence-electron chi connectivity index (χ4n) is 2.83. The molecule has 23 heavy (non-hydrogen) atoms. The number of carboxylic acid groups (broad SMARTS) is 1. The molecule has 0 saturated carbocycles. The summed E-state index contributed by atoms with van der Waals surface area (Å²) in [4.78, 5) is 28.9. The minimum absolute atomic E-state index is 0.0781. The van der Waals surface area contributed by atoms with E-state index in [-0.39, 0.29) is 38.0 Å². The van der Waals surface area contributed by atoms with Crippen molar-refractivity contribution in [2.75, 3.05) is 13.1 Å². The lowest BCUT2D eigenvalue weighted by Crippen LogP contribution is -2.49. The van der Waals surface area contributed by atoms with Crippen molar-refractivity contribution in [2.45, 2.75) is 25.0 Å². The van der Waals surface area contributed by atoms with Gasteiger partial charge in [-0.05, 0) is 31.0 Å². The molecule has 7 nitrogen and oxygen atoms in total. The lowest BCUT2D eigenvalue weighted by Gasteiger charge is -2.37. The van der Waals surface area contributed by atoms with Gasteiger partial charge in [-0.1, -0.05) is 11.6 Å². The van der Waals surface area contributed by atoms with Crippen LogP contribution in [-0.2, 0) is 6.54 Å². The largest absolute Gasteiger partial charge is 0.465 e. The van der Waals surface area contributed by atoms with Crippen molar-refractivity contribution in [1.29, 1.82) is 0 Å². The molecule has 122 valence electrons. The van der Waals surface area contributed by atoms with Crippen molar-refractivity contribution in [3.8, 4) is 0 Å². The number of hydrogen-bond acceptors (Lipinski definition) is 4. The van der Waals surface area contributed by atoms with E-state index in [0.717, 1.165) is 0 Å². The topological polar surface area (TPSA) is 95.7 Å². The Hall–Kier alpha value is -2.12. The second kappa shape index (κ2) is 5.82. The van der Waals surface area contributed by atoms with Crippen LogP contribution in [0.3, 0.4) is 0 Å². The van der Waals surface area contributed by atoms with E-state index in [4.69, 9.17) is 16.7 Å². The number of fused-ring (bicyclic) bond motifs is 1. The smallest absolute Gasteiger partial charge is 0.407 e. The van der Waals surface area contributed by atoms with E-state index in [2.05, 4.69) is 4.98 Å². The Morgan fingerprint density at radius 1 is 1.35 bits per heavy atom. The van der Waals surface area contributed by atoms with E-state index in [1.165, 1.54) is 15.8 Å². The van der Waals surface area contributed by atoms with Crippen LogP contribution in [0.25, 0.3) is 10.9 Å². The fourth-order valence-corrected chi connectivity index (χ4v) is 3.01. The van der Waals surface area contributed by atoms with Crippen LogP contribution >= 0.6 is 11.6 Å². The monoisotopic (exact) mass is 337 g/mol. The highest BCUT2D eigenvalue weighted by molar-refractivity contribution is 6.31. The molecule has 2 heterocycles. The van der Waals surface area contributed by atoms with E-state index in [1.54, 1.807) is 18.2 Å². The quantitative estimate of drug-likeness (QED) is 0.867. The molecule has 1 aliphatic heterocycles. The van der Waals surface area contributed by atoms with Crippen molar-refractivity contribution in [3.05, 3.63) is 39.9 Å². The van der Waals surface area contributed by atoms with Crippen molar-refractivity contribution in [3.63, 3.8) is 0 Å². The summed E-state index contributed by atoms with van der Waals surface area (Å²) in [6.45, 7) is 0.565. The molecule has 8 heteroatoms. The van der Waals surface area contributed by atoms with Gasteiger partial charge in [0.25, 0.3) is 5.56 Å². The highest BCUT2D eigenvalue weighted by Gasteiger charge is 2.34. The van der Waals surface area contributed by atoms with Gasteiger partial charge in [-0.2, -0.15) is 0 Å². The molecule has 1 amide bonds. The third kappa shape index (κ3) is 3.16. The first-order chi connectivity index (χ1) is 10.9. The Bertz CT molecular complexity index is 812. The molecule has 2 aromatic rings. The SMILES string of the molecule is O=C(O)N1CCC(O)(Cn2cnc3ccc(Cl)cc3c2=O)CC1.